The van der Waals surface area contributed by atoms with E-state index in [0.717, 1.165) is 13.0 Å². The van der Waals surface area contributed by atoms with Gasteiger partial charge in [0, 0.05) is 13.2 Å². The smallest absolute Gasteiger partial charge is 0.168 e. The van der Waals surface area contributed by atoms with Crippen LogP contribution in [0, 0.1) is 5.82 Å². The Labute approximate surface area is 115 Å². The molecule has 0 aromatic heterocycles. The standard InChI is InChI=1S/C15H24FNO2/c1-5-9-17-13(11(2)18-3)10-12-7-6-8-14(19-4)15(12)16/h6-8,11,13,17H,5,9-10H2,1-4H3. The van der Waals surface area contributed by atoms with Gasteiger partial charge in [0.2, 0.25) is 0 Å². The zero-order valence-corrected chi connectivity index (χ0v) is 12.2. The van der Waals surface area contributed by atoms with Crippen molar-refractivity contribution in [2.45, 2.75) is 38.8 Å². The molecule has 0 amide bonds. The van der Waals surface area contributed by atoms with E-state index in [0.29, 0.717) is 12.0 Å². The van der Waals surface area contributed by atoms with E-state index in [1.165, 1.54) is 7.11 Å². The third-order valence-electron chi connectivity index (χ3n) is 3.30. The lowest BCUT2D eigenvalue weighted by molar-refractivity contribution is 0.0827. The van der Waals surface area contributed by atoms with E-state index in [-0.39, 0.29) is 23.7 Å². The number of benzene rings is 1. The number of ether oxygens (including phenoxy) is 2. The zero-order chi connectivity index (χ0) is 14.3. The summed E-state index contributed by atoms with van der Waals surface area (Å²) in [5, 5.41) is 3.40. The highest BCUT2D eigenvalue weighted by Gasteiger charge is 2.19. The lowest BCUT2D eigenvalue weighted by Crippen LogP contribution is -2.41. The van der Waals surface area contributed by atoms with Crippen molar-refractivity contribution in [2.75, 3.05) is 20.8 Å². The maximum absolute atomic E-state index is 14.1. The first-order chi connectivity index (χ1) is 9.13. The van der Waals surface area contributed by atoms with Crippen LogP contribution < -0.4 is 10.1 Å². The van der Waals surface area contributed by atoms with Gasteiger partial charge in [-0.15, -0.1) is 0 Å². The Hall–Kier alpha value is -1.13. The molecule has 2 unspecified atom stereocenters. The monoisotopic (exact) mass is 269 g/mol. The largest absolute Gasteiger partial charge is 0.494 e. The highest BCUT2D eigenvalue weighted by atomic mass is 19.1. The predicted molar refractivity (Wildman–Crippen MR) is 75.2 cm³/mol. The van der Waals surface area contributed by atoms with Gasteiger partial charge in [-0.1, -0.05) is 19.1 Å². The van der Waals surface area contributed by atoms with E-state index >= 15 is 0 Å². The van der Waals surface area contributed by atoms with Crippen molar-refractivity contribution >= 4 is 0 Å². The van der Waals surface area contributed by atoms with E-state index in [1.54, 1.807) is 19.2 Å². The molecule has 0 radical (unpaired) electrons. The summed E-state index contributed by atoms with van der Waals surface area (Å²) in [6.07, 6.45) is 1.64. The summed E-state index contributed by atoms with van der Waals surface area (Å²) in [4.78, 5) is 0. The fourth-order valence-corrected chi connectivity index (χ4v) is 2.01. The molecule has 108 valence electrons. The summed E-state index contributed by atoms with van der Waals surface area (Å²) in [6, 6.07) is 5.33. The third kappa shape index (κ3) is 4.48. The van der Waals surface area contributed by atoms with Crippen LogP contribution in [0.5, 0.6) is 5.75 Å². The SMILES string of the molecule is CCCNC(Cc1cccc(OC)c1F)C(C)OC. The van der Waals surface area contributed by atoms with Crippen molar-refractivity contribution in [3.05, 3.63) is 29.6 Å². The Morgan fingerprint density at radius 3 is 2.63 bits per heavy atom. The van der Waals surface area contributed by atoms with E-state index in [9.17, 15) is 4.39 Å². The first kappa shape index (κ1) is 15.9. The summed E-state index contributed by atoms with van der Waals surface area (Å²) < 4.78 is 24.5. The van der Waals surface area contributed by atoms with Crippen LogP contribution in [0.4, 0.5) is 4.39 Å². The van der Waals surface area contributed by atoms with Crippen LogP contribution in [-0.2, 0) is 11.2 Å². The number of hydrogen-bond acceptors (Lipinski definition) is 3. The minimum absolute atomic E-state index is 0.0251. The van der Waals surface area contributed by atoms with Crippen LogP contribution in [0.1, 0.15) is 25.8 Å². The maximum atomic E-state index is 14.1. The Morgan fingerprint density at radius 2 is 2.05 bits per heavy atom. The van der Waals surface area contributed by atoms with Crippen LogP contribution in [0.2, 0.25) is 0 Å². The molecule has 0 saturated heterocycles. The van der Waals surface area contributed by atoms with E-state index < -0.39 is 0 Å². The van der Waals surface area contributed by atoms with Gasteiger partial charge in [0.15, 0.2) is 11.6 Å². The minimum atomic E-state index is -0.281. The summed E-state index contributed by atoms with van der Waals surface area (Å²) in [5.74, 6) is 0.00779. The van der Waals surface area contributed by atoms with E-state index in [1.807, 2.05) is 13.0 Å². The Kier molecular flexibility index (Phi) is 6.81. The van der Waals surface area contributed by atoms with Gasteiger partial charge in [0.1, 0.15) is 0 Å². The van der Waals surface area contributed by atoms with Gasteiger partial charge in [0.25, 0.3) is 0 Å². The van der Waals surface area contributed by atoms with Crippen molar-refractivity contribution in [1.82, 2.24) is 5.32 Å². The molecule has 0 aliphatic rings. The van der Waals surface area contributed by atoms with Gasteiger partial charge < -0.3 is 14.8 Å². The molecule has 0 heterocycles. The van der Waals surface area contributed by atoms with Gasteiger partial charge in [-0.25, -0.2) is 4.39 Å². The number of methoxy groups -OCH3 is 2. The molecule has 3 nitrogen and oxygen atoms in total. The lowest BCUT2D eigenvalue weighted by Gasteiger charge is -2.24. The van der Waals surface area contributed by atoms with Gasteiger partial charge in [-0.05, 0) is 37.9 Å². The fraction of sp³-hybridized carbons (Fsp3) is 0.600. The average molecular weight is 269 g/mol. The molecule has 0 bridgehead atoms. The minimum Gasteiger partial charge on any atom is -0.494 e. The third-order valence-corrected chi connectivity index (χ3v) is 3.30. The highest BCUT2D eigenvalue weighted by Crippen LogP contribution is 2.21. The molecule has 0 aliphatic carbocycles. The van der Waals surface area contributed by atoms with Crippen molar-refractivity contribution in [3.8, 4) is 5.75 Å². The molecule has 19 heavy (non-hydrogen) atoms. The van der Waals surface area contributed by atoms with Gasteiger partial charge in [-0.3, -0.25) is 0 Å². The summed E-state index contributed by atoms with van der Waals surface area (Å²) >= 11 is 0. The van der Waals surface area contributed by atoms with Crippen LogP contribution in [0.3, 0.4) is 0 Å². The molecule has 0 aliphatic heterocycles. The molecule has 1 aromatic rings. The fourth-order valence-electron chi connectivity index (χ4n) is 2.01. The number of nitrogens with one attached hydrogen (secondary N) is 1. The summed E-state index contributed by atoms with van der Waals surface area (Å²) in [5.41, 5.74) is 0.650. The first-order valence-electron chi connectivity index (χ1n) is 6.71. The Morgan fingerprint density at radius 1 is 1.32 bits per heavy atom. The molecule has 2 atom stereocenters. The number of halogens is 1. The molecule has 1 N–H and O–H groups in total. The quantitative estimate of drug-likeness (QED) is 0.787. The molecule has 0 saturated carbocycles. The van der Waals surface area contributed by atoms with Crippen molar-refractivity contribution in [2.24, 2.45) is 0 Å². The zero-order valence-electron chi connectivity index (χ0n) is 12.2. The highest BCUT2D eigenvalue weighted by molar-refractivity contribution is 5.31. The van der Waals surface area contributed by atoms with Crippen LogP contribution >= 0.6 is 0 Å². The first-order valence-corrected chi connectivity index (χ1v) is 6.71. The topological polar surface area (TPSA) is 30.5 Å². The van der Waals surface area contributed by atoms with E-state index in [4.69, 9.17) is 9.47 Å². The molecule has 1 rings (SSSR count). The second-order valence-corrected chi connectivity index (χ2v) is 4.64. The van der Waals surface area contributed by atoms with Gasteiger partial charge in [-0.2, -0.15) is 0 Å². The second-order valence-electron chi connectivity index (χ2n) is 4.64. The predicted octanol–water partition coefficient (Wildman–Crippen LogP) is 2.78. The molecule has 0 spiro atoms. The van der Waals surface area contributed by atoms with Crippen molar-refractivity contribution in [1.29, 1.82) is 0 Å². The molecular weight excluding hydrogens is 245 g/mol. The van der Waals surface area contributed by atoms with Gasteiger partial charge in [0.05, 0.1) is 13.2 Å². The van der Waals surface area contributed by atoms with Crippen molar-refractivity contribution < 1.29 is 13.9 Å². The van der Waals surface area contributed by atoms with Crippen LogP contribution in [0.25, 0.3) is 0 Å². The molecule has 1 aromatic carbocycles. The maximum Gasteiger partial charge on any atom is 0.168 e. The lowest BCUT2D eigenvalue weighted by atomic mass is 10.0. The molecular formula is C15H24FNO2. The normalized spacial score (nSPS) is 14.2. The van der Waals surface area contributed by atoms with Crippen molar-refractivity contribution in [3.63, 3.8) is 0 Å². The Bertz CT molecular complexity index is 384. The second kappa shape index (κ2) is 8.12. The number of rotatable bonds is 8. The number of hydrogen-bond donors (Lipinski definition) is 1. The van der Waals surface area contributed by atoms with Crippen LogP contribution in [-0.4, -0.2) is 32.9 Å². The van der Waals surface area contributed by atoms with Crippen LogP contribution in [0.15, 0.2) is 18.2 Å². The van der Waals surface area contributed by atoms with E-state index in [2.05, 4.69) is 12.2 Å². The average Bonchev–Trinajstić information content (AvgIpc) is 2.44. The summed E-state index contributed by atoms with van der Waals surface area (Å²) in [6.45, 7) is 4.99. The van der Waals surface area contributed by atoms with Gasteiger partial charge >= 0.3 is 0 Å². The summed E-state index contributed by atoms with van der Waals surface area (Å²) in [7, 11) is 3.15. The Balaban J connectivity index is 2.83. The molecule has 4 heteroatoms. The molecule has 0 fully saturated rings.